The second-order valence-electron chi connectivity index (χ2n) is 6.99. The molecule has 0 aliphatic heterocycles. The Balaban J connectivity index is 1.91. The Kier molecular flexibility index (Phi) is 6.07. The van der Waals surface area contributed by atoms with Crippen LogP contribution in [0.5, 0.6) is 0 Å². The molecule has 2 rings (SSSR count). The molecule has 2 aliphatic carbocycles. The van der Waals surface area contributed by atoms with E-state index in [1.165, 1.54) is 44.9 Å². The topological polar surface area (TPSA) is 58.2 Å². The minimum absolute atomic E-state index is 0.0749. The molecule has 4 heteroatoms. The molecule has 4 atom stereocenters. The highest BCUT2D eigenvalue weighted by Crippen LogP contribution is 2.40. The predicted octanol–water partition coefficient (Wildman–Crippen LogP) is 2.62. The summed E-state index contributed by atoms with van der Waals surface area (Å²) in [6, 6.07) is 0.376. The summed E-state index contributed by atoms with van der Waals surface area (Å²) in [6.45, 7) is 4.05. The second-order valence-corrected chi connectivity index (χ2v) is 6.99. The van der Waals surface area contributed by atoms with Crippen molar-refractivity contribution in [3.05, 3.63) is 0 Å². The Labute approximate surface area is 128 Å². The van der Waals surface area contributed by atoms with Crippen molar-refractivity contribution in [3.8, 4) is 0 Å². The Morgan fingerprint density at radius 3 is 2.43 bits per heavy atom. The van der Waals surface area contributed by atoms with Gasteiger partial charge in [-0.2, -0.15) is 0 Å². The molecule has 0 saturated heterocycles. The van der Waals surface area contributed by atoms with E-state index < -0.39 is 0 Å². The third-order valence-corrected chi connectivity index (χ3v) is 5.28. The highest BCUT2D eigenvalue weighted by molar-refractivity contribution is 5.73. The zero-order chi connectivity index (χ0) is 15.2. The second kappa shape index (κ2) is 7.81. The van der Waals surface area contributed by atoms with Crippen LogP contribution in [-0.4, -0.2) is 24.4 Å². The lowest BCUT2D eigenvalue weighted by Gasteiger charge is -2.41. The number of hydrogen-bond donors (Lipinski definition) is 2. The van der Waals surface area contributed by atoms with Gasteiger partial charge >= 0.3 is 0 Å². The highest BCUT2D eigenvalue weighted by Gasteiger charge is 2.35. The average Bonchev–Trinajstić information content (AvgIpc) is 2.45. The predicted molar refractivity (Wildman–Crippen MR) is 83.7 cm³/mol. The van der Waals surface area contributed by atoms with Crippen LogP contribution in [0.3, 0.4) is 0 Å². The van der Waals surface area contributed by atoms with Crippen LogP contribution in [0.4, 0.5) is 0 Å². The molecule has 21 heavy (non-hydrogen) atoms. The number of nitrogens with one attached hydrogen (secondary N) is 2. The van der Waals surface area contributed by atoms with Crippen LogP contribution in [0.15, 0.2) is 0 Å². The van der Waals surface area contributed by atoms with Gasteiger partial charge in [-0.25, -0.2) is 0 Å². The SMILES string of the molecule is CC(=O)NCC1CCCC(C2CCCCC2NC(C)=O)C1. The van der Waals surface area contributed by atoms with Gasteiger partial charge in [-0.1, -0.05) is 25.7 Å². The molecule has 0 aromatic rings. The van der Waals surface area contributed by atoms with Crippen molar-refractivity contribution in [1.29, 1.82) is 0 Å². The van der Waals surface area contributed by atoms with Crippen molar-refractivity contribution in [2.24, 2.45) is 17.8 Å². The molecule has 0 heterocycles. The molecular formula is C17H30N2O2. The maximum Gasteiger partial charge on any atom is 0.217 e. The minimum atomic E-state index is 0.0749. The van der Waals surface area contributed by atoms with Gasteiger partial charge in [-0.15, -0.1) is 0 Å². The van der Waals surface area contributed by atoms with Crippen molar-refractivity contribution in [2.45, 2.75) is 71.3 Å². The number of amides is 2. The van der Waals surface area contributed by atoms with Crippen LogP contribution in [0, 0.1) is 17.8 Å². The summed E-state index contributed by atoms with van der Waals surface area (Å²) < 4.78 is 0. The van der Waals surface area contributed by atoms with Crippen molar-refractivity contribution in [2.75, 3.05) is 6.54 Å². The summed E-state index contributed by atoms with van der Waals surface area (Å²) in [5.74, 6) is 2.16. The van der Waals surface area contributed by atoms with E-state index in [2.05, 4.69) is 10.6 Å². The Morgan fingerprint density at radius 1 is 0.952 bits per heavy atom. The van der Waals surface area contributed by atoms with Crippen molar-refractivity contribution < 1.29 is 9.59 Å². The van der Waals surface area contributed by atoms with Gasteiger partial charge in [0.1, 0.15) is 0 Å². The molecule has 2 amide bonds. The lowest BCUT2D eigenvalue weighted by molar-refractivity contribution is -0.121. The summed E-state index contributed by atoms with van der Waals surface area (Å²) in [4.78, 5) is 22.5. The van der Waals surface area contributed by atoms with Crippen LogP contribution in [0.2, 0.25) is 0 Å². The molecule has 4 unspecified atom stereocenters. The molecule has 2 aliphatic rings. The van der Waals surface area contributed by atoms with E-state index in [1.807, 2.05) is 0 Å². The van der Waals surface area contributed by atoms with Gasteiger partial charge in [0.05, 0.1) is 0 Å². The summed E-state index contributed by atoms with van der Waals surface area (Å²) in [5.41, 5.74) is 0. The van der Waals surface area contributed by atoms with Gasteiger partial charge in [0.25, 0.3) is 0 Å². The molecule has 0 aromatic heterocycles. The number of hydrogen-bond acceptors (Lipinski definition) is 2. The zero-order valence-corrected chi connectivity index (χ0v) is 13.5. The first-order valence-electron chi connectivity index (χ1n) is 8.57. The molecule has 0 spiro atoms. The van der Waals surface area contributed by atoms with E-state index in [9.17, 15) is 9.59 Å². The quantitative estimate of drug-likeness (QED) is 0.837. The largest absolute Gasteiger partial charge is 0.356 e. The van der Waals surface area contributed by atoms with Crippen molar-refractivity contribution >= 4 is 11.8 Å². The van der Waals surface area contributed by atoms with Crippen LogP contribution in [0.25, 0.3) is 0 Å². The lowest BCUT2D eigenvalue weighted by atomic mass is 9.68. The molecule has 4 nitrogen and oxygen atoms in total. The molecular weight excluding hydrogens is 264 g/mol. The molecule has 2 N–H and O–H groups in total. The van der Waals surface area contributed by atoms with Crippen LogP contribution >= 0.6 is 0 Å². The fraction of sp³-hybridized carbons (Fsp3) is 0.882. The molecule has 0 aromatic carbocycles. The van der Waals surface area contributed by atoms with E-state index in [0.717, 1.165) is 18.9 Å². The van der Waals surface area contributed by atoms with Crippen molar-refractivity contribution in [1.82, 2.24) is 10.6 Å². The zero-order valence-electron chi connectivity index (χ0n) is 13.5. The van der Waals surface area contributed by atoms with Crippen LogP contribution in [-0.2, 0) is 9.59 Å². The smallest absolute Gasteiger partial charge is 0.217 e. The summed E-state index contributed by atoms with van der Waals surface area (Å²) >= 11 is 0. The van der Waals surface area contributed by atoms with E-state index in [1.54, 1.807) is 13.8 Å². The third-order valence-electron chi connectivity index (χ3n) is 5.28. The summed E-state index contributed by atoms with van der Waals surface area (Å²) in [7, 11) is 0. The van der Waals surface area contributed by atoms with Gasteiger partial charge < -0.3 is 10.6 Å². The van der Waals surface area contributed by atoms with E-state index in [-0.39, 0.29) is 11.8 Å². The molecule has 120 valence electrons. The van der Waals surface area contributed by atoms with Gasteiger partial charge in [0, 0.05) is 26.4 Å². The first kappa shape index (κ1) is 16.3. The fourth-order valence-electron chi connectivity index (χ4n) is 4.36. The summed E-state index contributed by atoms with van der Waals surface area (Å²) in [6.07, 6.45) is 9.92. The molecule has 2 saturated carbocycles. The van der Waals surface area contributed by atoms with Crippen molar-refractivity contribution in [3.63, 3.8) is 0 Å². The highest BCUT2D eigenvalue weighted by atomic mass is 16.2. The molecule has 2 fully saturated rings. The average molecular weight is 294 g/mol. The Hall–Kier alpha value is -1.06. The first-order valence-corrected chi connectivity index (χ1v) is 8.57. The Morgan fingerprint density at radius 2 is 1.71 bits per heavy atom. The first-order chi connectivity index (χ1) is 10.1. The lowest BCUT2D eigenvalue weighted by Crippen LogP contribution is -2.45. The minimum Gasteiger partial charge on any atom is -0.356 e. The number of carbonyl (C=O) groups is 2. The summed E-state index contributed by atoms with van der Waals surface area (Å²) in [5, 5.41) is 6.16. The monoisotopic (exact) mass is 294 g/mol. The van der Waals surface area contributed by atoms with E-state index in [4.69, 9.17) is 0 Å². The maximum absolute atomic E-state index is 11.4. The number of rotatable bonds is 4. The Bertz CT molecular complexity index is 370. The standard InChI is InChI=1S/C17H30N2O2/c1-12(20)18-11-14-6-5-7-15(10-14)16-8-3-4-9-17(16)19-13(2)21/h14-17H,3-11H2,1-2H3,(H,18,20)(H,19,21). The van der Waals surface area contributed by atoms with Gasteiger partial charge in [-0.05, 0) is 43.4 Å². The molecule has 0 bridgehead atoms. The normalized spacial score (nSPS) is 33.2. The van der Waals surface area contributed by atoms with Gasteiger partial charge in [-0.3, -0.25) is 9.59 Å². The number of carbonyl (C=O) groups excluding carboxylic acids is 2. The van der Waals surface area contributed by atoms with E-state index in [0.29, 0.717) is 17.9 Å². The molecule has 0 radical (unpaired) electrons. The maximum atomic E-state index is 11.4. The third kappa shape index (κ3) is 5.01. The van der Waals surface area contributed by atoms with Gasteiger partial charge in [0.15, 0.2) is 0 Å². The van der Waals surface area contributed by atoms with Gasteiger partial charge in [0.2, 0.25) is 11.8 Å². The van der Waals surface area contributed by atoms with Crippen LogP contribution in [0.1, 0.15) is 65.2 Å². The van der Waals surface area contributed by atoms with E-state index >= 15 is 0 Å². The fourth-order valence-corrected chi connectivity index (χ4v) is 4.36. The van der Waals surface area contributed by atoms with Crippen LogP contribution < -0.4 is 10.6 Å².